The lowest BCUT2D eigenvalue weighted by Gasteiger charge is -2.10. The van der Waals surface area contributed by atoms with E-state index in [1.807, 2.05) is 0 Å². The van der Waals surface area contributed by atoms with Crippen molar-refractivity contribution in [2.45, 2.75) is 6.92 Å². The Balaban J connectivity index is 2.26. The Bertz CT molecular complexity index is 613. The molecule has 0 unspecified atom stereocenters. The molecule has 2 rings (SSSR count). The summed E-state index contributed by atoms with van der Waals surface area (Å²) >= 11 is 0. The number of carbonyl (C=O) groups is 1. The van der Waals surface area contributed by atoms with Crippen molar-refractivity contribution >= 4 is 17.3 Å². The van der Waals surface area contributed by atoms with E-state index >= 15 is 0 Å². The van der Waals surface area contributed by atoms with Gasteiger partial charge in [0.05, 0.1) is 23.1 Å². The first-order chi connectivity index (χ1) is 9.11. The van der Waals surface area contributed by atoms with Gasteiger partial charge < -0.3 is 10.6 Å². The molecule has 1 heterocycles. The number of carbonyl (C=O) groups excluding carboxylic acids is 1. The molecule has 0 bridgehead atoms. The Labute approximate surface area is 110 Å². The number of nitrogens with one attached hydrogen (secondary N) is 2. The van der Waals surface area contributed by atoms with Gasteiger partial charge in [0.15, 0.2) is 0 Å². The van der Waals surface area contributed by atoms with E-state index in [0.717, 1.165) is 5.56 Å². The number of hydrogen-bond acceptors (Lipinski definition) is 3. The fourth-order valence-corrected chi connectivity index (χ4v) is 1.70. The SMILES string of the molecule is CNc1cnccc1C(=O)Nc1ccc(C)cc1F. The van der Waals surface area contributed by atoms with Crippen LogP contribution in [0.2, 0.25) is 0 Å². The van der Waals surface area contributed by atoms with E-state index in [9.17, 15) is 9.18 Å². The zero-order valence-electron chi connectivity index (χ0n) is 10.7. The van der Waals surface area contributed by atoms with Crippen LogP contribution in [-0.2, 0) is 0 Å². The minimum absolute atomic E-state index is 0.162. The summed E-state index contributed by atoms with van der Waals surface area (Å²) in [4.78, 5) is 16.0. The van der Waals surface area contributed by atoms with Crippen LogP contribution < -0.4 is 10.6 Å². The average molecular weight is 259 g/mol. The van der Waals surface area contributed by atoms with E-state index in [-0.39, 0.29) is 11.6 Å². The molecule has 2 aromatic rings. The van der Waals surface area contributed by atoms with Gasteiger partial charge in [-0.15, -0.1) is 0 Å². The van der Waals surface area contributed by atoms with Crippen LogP contribution in [0.5, 0.6) is 0 Å². The minimum Gasteiger partial charge on any atom is -0.386 e. The summed E-state index contributed by atoms with van der Waals surface area (Å²) in [5.41, 5.74) is 1.97. The first kappa shape index (κ1) is 13.0. The van der Waals surface area contributed by atoms with E-state index in [4.69, 9.17) is 0 Å². The number of anilines is 2. The lowest BCUT2D eigenvalue weighted by molar-refractivity contribution is 0.102. The number of hydrogen-bond donors (Lipinski definition) is 2. The van der Waals surface area contributed by atoms with Gasteiger partial charge in [0.25, 0.3) is 5.91 Å². The number of nitrogens with zero attached hydrogens (tertiary/aromatic N) is 1. The van der Waals surface area contributed by atoms with Gasteiger partial charge in [-0.2, -0.15) is 0 Å². The summed E-state index contributed by atoms with van der Waals surface area (Å²) in [5.74, 6) is -0.831. The molecule has 0 spiro atoms. The van der Waals surface area contributed by atoms with Crippen molar-refractivity contribution in [3.63, 3.8) is 0 Å². The predicted octanol–water partition coefficient (Wildman–Crippen LogP) is 2.82. The van der Waals surface area contributed by atoms with Gasteiger partial charge in [0, 0.05) is 13.2 Å². The van der Waals surface area contributed by atoms with Crippen LogP contribution in [0.15, 0.2) is 36.7 Å². The van der Waals surface area contributed by atoms with Crippen molar-refractivity contribution in [3.05, 3.63) is 53.6 Å². The first-order valence-electron chi connectivity index (χ1n) is 5.81. The highest BCUT2D eigenvalue weighted by Crippen LogP contribution is 2.18. The summed E-state index contributed by atoms with van der Waals surface area (Å²) < 4.78 is 13.7. The van der Waals surface area contributed by atoms with E-state index in [0.29, 0.717) is 11.3 Å². The smallest absolute Gasteiger partial charge is 0.257 e. The molecule has 0 aliphatic carbocycles. The van der Waals surface area contributed by atoms with Gasteiger partial charge in [-0.25, -0.2) is 4.39 Å². The zero-order valence-corrected chi connectivity index (χ0v) is 10.7. The molecule has 0 aliphatic heterocycles. The van der Waals surface area contributed by atoms with Crippen molar-refractivity contribution in [1.82, 2.24) is 4.98 Å². The average Bonchev–Trinajstić information content (AvgIpc) is 2.41. The molecule has 0 saturated carbocycles. The molecular formula is C14H14FN3O. The highest BCUT2D eigenvalue weighted by atomic mass is 19.1. The van der Waals surface area contributed by atoms with E-state index in [2.05, 4.69) is 15.6 Å². The second-order valence-electron chi connectivity index (χ2n) is 4.11. The highest BCUT2D eigenvalue weighted by Gasteiger charge is 2.12. The van der Waals surface area contributed by atoms with Crippen molar-refractivity contribution in [1.29, 1.82) is 0 Å². The Hall–Kier alpha value is -2.43. The molecule has 98 valence electrons. The van der Waals surface area contributed by atoms with Crippen LogP contribution in [0, 0.1) is 12.7 Å². The summed E-state index contributed by atoms with van der Waals surface area (Å²) in [6, 6.07) is 6.24. The van der Waals surface area contributed by atoms with Crippen LogP contribution in [-0.4, -0.2) is 17.9 Å². The molecule has 0 radical (unpaired) electrons. The maximum absolute atomic E-state index is 13.7. The van der Waals surface area contributed by atoms with Crippen molar-refractivity contribution in [2.75, 3.05) is 17.7 Å². The molecule has 5 heteroatoms. The van der Waals surface area contributed by atoms with Crippen LogP contribution in [0.25, 0.3) is 0 Å². The van der Waals surface area contributed by atoms with Gasteiger partial charge in [-0.1, -0.05) is 6.07 Å². The highest BCUT2D eigenvalue weighted by molar-refractivity contribution is 6.07. The van der Waals surface area contributed by atoms with Gasteiger partial charge in [-0.05, 0) is 30.7 Å². The molecule has 0 saturated heterocycles. The van der Waals surface area contributed by atoms with E-state index in [1.54, 1.807) is 38.4 Å². The first-order valence-corrected chi connectivity index (χ1v) is 5.81. The number of aryl methyl sites for hydroxylation is 1. The van der Waals surface area contributed by atoms with Crippen molar-refractivity contribution in [2.24, 2.45) is 0 Å². The minimum atomic E-state index is -0.451. The normalized spacial score (nSPS) is 10.1. The Morgan fingerprint density at radius 3 is 2.74 bits per heavy atom. The predicted molar refractivity (Wildman–Crippen MR) is 72.9 cm³/mol. The van der Waals surface area contributed by atoms with E-state index < -0.39 is 5.82 Å². The summed E-state index contributed by atoms with van der Waals surface area (Å²) in [5, 5.41) is 5.42. The Morgan fingerprint density at radius 1 is 1.26 bits per heavy atom. The maximum Gasteiger partial charge on any atom is 0.257 e. The van der Waals surface area contributed by atoms with Gasteiger partial charge in [0.1, 0.15) is 5.82 Å². The largest absolute Gasteiger partial charge is 0.386 e. The molecule has 1 aromatic heterocycles. The van der Waals surface area contributed by atoms with Gasteiger partial charge in [0.2, 0.25) is 0 Å². The topological polar surface area (TPSA) is 54.0 Å². The molecule has 4 nitrogen and oxygen atoms in total. The quantitative estimate of drug-likeness (QED) is 0.891. The number of halogens is 1. The monoisotopic (exact) mass is 259 g/mol. The van der Waals surface area contributed by atoms with Crippen molar-refractivity contribution < 1.29 is 9.18 Å². The number of pyridine rings is 1. The molecular weight excluding hydrogens is 245 g/mol. The second-order valence-corrected chi connectivity index (χ2v) is 4.11. The van der Waals surface area contributed by atoms with Gasteiger partial charge >= 0.3 is 0 Å². The van der Waals surface area contributed by atoms with Crippen LogP contribution in [0.4, 0.5) is 15.8 Å². The lowest BCUT2D eigenvalue weighted by atomic mass is 10.2. The molecule has 1 amide bonds. The molecule has 1 aromatic carbocycles. The van der Waals surface area contributed by atoms with Crippen LogP contribution in [0.3, 0.4) is 0 Å². The third-order valence-corrected chi connectivity index (χ3v) is 2.71. The van der Waals surface area contributed by atoms with Crippen molar-refractivity contribution in [3.8, 4) is 0 Å². The fraction of sp³-hybridized carbons (Fsp3) is 0.143. The third-order valence-electron chi connectivity index (χ3n) is 2.71. The molecule has 0 aliphatic rings. The van der Waals surface area contributed by atoms with Crippen LogP contribution in [0.1, 0.15) is 15.9 Å². The summed E-state index contributed by atoms with van der Waals surface area (Å²) in [7, 11) is 1.69. The van der Waals surface area contributed by atoms with E-state index in [1.165, 1.54) is 12.3 Å². The Morgan fingerprint density at radius 2 is 2.05 bits per heavy atom. The van der Waals surface area contributed by atoms with Crippen LogP contribution >= 0.6 is 0 Å². The molecule has 19 heavy (non-hydrogen) atoms. The number of aromatic nitrogens is 1. The molecule has 2 N–H and O–H groups in total. The molecule has 0 atom stereocenters. The third kappa shape index (κ3) is 2.88. The number of amides is 1. The fourth-order valence-electron chi connectivity index (χ4n) is 1.70. The number of rotatable bonds is 3. The van der Waals surface area contributed by atoms with Gasteiger partial charge in [-0.3, -0.25) is 9.78 Å². The molecule has 0 fully saturated rings. The second kappa shape index (κ2) is 5.48. The lowest BCUT2D eigenvalue weighted by Crippen LogP contribution is -2.15. The zero-order chi connectivity index (χ0) is 13.8. The summed E-state index contributed by atoms with van der Waals surface area (Å²) in [6.45, 7) is 1.79. The Kier molecular flexibility index (Phi) is 3.75. The summed E-state index contributed by atoms with van der Waals surface area (Å²) in [6.07, 6.45) is 3.06. The standard InChI is InChI=1S/C14H14FN3O/c1-9-3-4-12(11(15)7-9)18-14(19)10-5-6-17-8-13(10)16-2/h3-8,16H,1-2H3,(H,18,19). The number of benzene rings is 1. The maximum atomic E-state index is 13.7.